The van der Waals surface area contributed by atoms with Gasteiger partial charge in [-0.3, -0.25) is 4.79 Å². The van der Waals surface area contributed by atoms with E-state index in [2.05, 4.69) is 5.32 Å². The summed E-state index contributed by atoms with van der Waals surface area (Å²) in [5.41, 5.74) is 7.29. The lowest BCUT2D eigenvalue weighted by Gasteiger charge is -2.19. The van der Waals surface area contributed by atoms with Crippen molar-refractivity contribution in [3.8, 4) is 16.9 Å². The molecule has 0 aliphatic carbocycles. The van der Waals surface area contributed by atoms with Crippen molar-refractivity contribution in [3.05, 3.63) is 82.9 Å². The number of carbonyl (C=O) groups is 1. The van der Waals surface area contributed by atoms with Crippen molar-refractivity contribution in [2.45, 2.75) is 25.1 Å². The molecule has 0 aliphatic heterocycles. The number of aliphatic hydroxyl groups is 1. The fourth-order valence-electron chi connectivity index (χ4n) is 3.44. The summed E-state index contributed by atoms with van der Waals surface area (Å²) in [4.78, 5) is 12.2. The summed E-state index contributed by atoms with van der Waals surface area (Å²) in [6.45, 7) is -0.532. The summed E-state index contributed by atoms with van der Waals surface area (Å²) in [7, 11) is 0. The summed E-state index contributed by atoms with van der Waals surface area (Å²) < 4.78 is 51.6. The predicted molar refractivity (Wildman–Crippen MR) is 132 cm³/mol. The zero-order valence-electron chi connectivity index (χ0n) is 19.2. The summed E-state index contributed by atoms with van der Waals surface area (Å²) in [5, 5.41) is 10.2. The second-order valence-electron chi connectivity index (χ2n) is 7.88. The average Bonchev–Trinajstić information content (AvgIpc) is 2.86. The lowest BCUT2D eigenvalue weighted by atomic mass is 10.0. The SMILES string of the molecule is N[C@@H](CCOCO)C(=O)Nc1ccc(OCCc2ccc(-c3ccccc3)cc2)c(C(F)(F)F)c1Cl. The Morgan fingerprint density at radius 3 is 2.31 bits per heavy atom. The molecule has 0 spiro atoms. The van der Waals surface area contributed by atoms with Gasteiger partial charge in [0.25, 0.3) is 0 Å². The molecule has 0 heterocycles. The van der Waals surface area contributed by atoms with Crippen molar-refractivity contribution in [1.29, 1.82) is 0 Å². The molecule has 0 bridgehead atoms. The fourth-order valence-corrected chi connectivity index (χ4v) is 3.75. The molecule has 1 atom stereocenters. The number of nitrogens with two attached hydrogens (primary N) is 1. The van der Waals surface area contributed by atoms with E-state index >= 15 is 0 Å². The molecule has 4 N–H and O–H groups in total. The summed E-state index contributed by atoms with van der Waals surface area (Å²) in [6, 6.07) is 18.8. The number of aliphatic hydroxyl groups excluding tert-OH is 1. The van der Waals surface area contributed by atoms with Crippen molar-refractivity contribution in [2.75, 3.05) is 25.3 Å². The average molecular weight is 523 g/mol. The third-order valence-electron chi connectivity index (χ3n) is 5.36. The predicted octanol–water partition coefficient (Wildman–Crippen LogP) is 5.27. The van der Waals surface area contributed by atoms with E-state index in [0.717, 1.165) is 22.8 Å². The van der Waals surface area contributed by atoms with Gasteiger partial charge in [-0.1, -0.05) is 66.2 Å². The zero-order chi connectivity index (χ0) is 26.1. The van der Waals surface area contributed by atoms with Crippen LogP contribution >= 0.6 is 11.6 Å². The Hall–Kier alpha value is -3.11. The first kappa shape index (κ1) is 27.5. The van der Waals surface area contributed by atoms with Gasteiger partial charge in [-0.15, -0.1) is 0 Å². The van der Waals surface area contributed by atoms with Gasteiger partial charge >= 0.3 is 6.18 Å². The van der Waals surface area contributed by atoms with E-state index in [4.69, 9.17) is 31.9 Å². The Labute approximate surface area is 211 Å². The number of carbonyl (C=O) groups excluding carboxylic acids is 1. The van der Waals surface area contributed by atoms with Gasteiger partial charge in [0.2, 0.25) is 5.91 Å². The number of anilines is 1. The minimum absolute atomic E-state index is 0.00831. The molecule has 3 aromatic rings. The van der Waals surface area contributed by atoms with Crippen molar-refractivity contribution < 1.29 is 32.5 Å². The van der Waals surface area contributed by atoms with Crippen LogP contribution in [-0.4, -0.2) is 37.1 Å². The quantitative estimate of drug-likeness (QED) is 0.236. The lowest BCUT2D eigenvalue weighted by molar-refractivity contribution is -0.138. The number of ether oxygens (including phenoxy) is 2. The maximum atomic E-state index is 13.8. The molecular weight excluding hydrogens is 497 g/mol. The Kier molecular flexibility index (Phi) is 9.72. The van der Waals surface area contributed by atoms with Gasteiger partial charge in [0.05, 0.1) is 30.0 Å². The summed E-state index contributed by atoms with van der Waals surface area (Å²) in [6.07, 6.45) is -4.38. The molecule has 0 aromatic heterocycles. The normalized spacial score (nSPS) is 12.3. The van der Waals surface area contributed by atoms with Gasteiger partial charge in [-0.05, 0) is 35.2 Å². The Morgan fingerprint density at radius 1 is 1.00 bits per heavy atom. The number of benzene rings is 3. The van der Waals surface area contributed by atoms with Gasteiger partial charge < -0.3 is 25.6 Å². The van der Waals surface area contributed by atoms with Crippen LogP contribution in [0.25, 0.3) is 11.1 Å². The first-order valence-corrected chi connectivity index (χ1v) is 11.5. The van der Waals surface area contributed by atoms with Crippen LogP contribution in [-0.2, 0) is 22.1 Å². The van der Waals surface area contributed by atoms with E-state index in [1.54, 1.807) is 0 Å². The highest BCUT2D eigenvalue weighted by Crippen LogP contribution is 2.44. The molecule has 1 amide bonds. The number of rotatable bonds is 11. The molecule has 0 aliphatic rings. The maximum Gasteiger partial charge on any atom is 0.421 e. The van der Waals surface area contributed by atoms with Crippen LogP contribution < -0.4 is 15.8 Å². The zero-order valence-corrected chi connectivity index (χ0v) is 20.0. The smallest absolute Gasteiger partial charge is 0.421 e. The molecule has 10 heteroatoms. The summed E-state index contributed by atoms with van der Waals surface area (Å²) >= 11 is 6.03. The van der Waals surface area contributed by atoms with Crippen molar-refractivity contribution in [1.82, 2.24) is 0 Å². The van der Waals surface area contributed by atoms with E-state index in [1.807, 2.05) is 54.6 Å². The second-order valence-corrected chi connectivity index (χ2v) is 8.26. The molecule has 0 radical (unpaired) electrons. The highest BCUT2D eigenvalue weighted by atomic mass is 35.5. The first-order valence-electron chi connectivity index (χ1n) is 11.1. The third-order valence-corrected chi connectivity index (χ3v) is 5.75. The number of amides is 1. The first-order chi connectivity index (χ1) is 17.2. The van der Waals surface area contributed by atoms with E-state index in [1.165, 1.54) is 6.07 Å². The van der Waals surface area contributed by atoms with Crippen LogP contribution in [0.2, 0.25) is 5.02 Å². The van der Waals surface area contributed by atoms with Crippen molar-refractivity contribution in [3.63, 3.8) is 0 Å². The maximum absolute atomic E-state index is 13.8. The monoisotopic (exact) mass is 522 g/mol. The van der Waals surface area contributed by atoms with Crippen LogP contribution in [0.1, 0.15) is 17.5 Å². The Morgan fingerprint density at radius 2 is 1.67 bits per heavy atom. The molecule has 3 rings (SSSR count). The van der Waals surface area contributed by atoms with Crippen LogP contribution in [0.4, 0.5) is 18.9 Å². The largest absolute Gasteiger partial charge is 0.493 e. The number of nitrogens with one attached hydrogen (secondary N) is 1. The molecule has 6 nitrogen and oxygen atoms in total. The topological polar surface area (TPSA) is 93.8 Å². The van der Waals surface area contributed by atoms with Gasteiger partial charge in [0.1, 0.15) is 18.1 Å². The fraction of sp³-hybridized carbons (Fsp3) is 0.269. The number of hydrogen-bond donors (Lipinski definition) is 3. The highest BCUT2D eigenvalue weighted by Gasteiger charge is 2.38. The molecule has 192 valence electrons. The van der Waals surface area contributed by atoms with Crippen LogP contribution in [0, 0.1) is 0 Å². The Bertz CT molecular complexity index is 1140. The van der Waals surface area contributed by atoms with Gasteiger partial charge in [-0.25, -0.2) is 0 Å². The Balaban J connectivity index is 1.67. The number of alkyl halides is 3. The highest BCUT2D eigenvalue weighted by molar-refractivity contribution is 6.34. The van der Waals surface area contributed by atoms with Crippen LogP contribution in [0.15, 0.2) is 66.7 Å². The van der Waals surface area contributed by atoms with E-state index < -0.39 is 41.3 Å². The molecular formula is C26H26ClF3N2O4. The van der Waals surface area contributed by atoms with Gasteiger partial charge in [0, 0.05) is 6.42 Å². The standard InChI is InChI=1S/C26H26ClF3N2O4/c27-24-21(32-25(34)20(31)13-14-35-16-33)10-11-22(23(24)26(28,29)30)36-15-12-17-6-8-19(9-7-17)18-4-2-1-3-5-18/h1-11,20,33H,12-16,31H2,(H,32,34)/t20-/m0/s1. The van der Waals surface area contributed by atoms with Gasteiger partial charge in [-0.2, -0.15) is 13.2 Å². The summed E-state index contributed by atoms with van der Waals surface area (Å²) in [5.74, 6) is -1.17. The molecule has 0 saturated heterocycles. The van der Waals surface area contributed by atoms with Crippen molar-refractivity contribution >= 4 is 23.2 Å². The van der Waals surface area contributed by atoms with E-state index in [0.29, 0.717) is 6.42 Å². The lowest BCUT2D eigenvalue weighted by Crippen LogP contribution is -2.36. The van der Waals surface area contributed by atoms with Crippen LogP contribution in [0.3, 0.4) is 0 Å². The van der Waals surface area contributed by atoms with E-state index in [9.17, 15) is 18.0 Å². The van der Waals surface area contributed by atoms with Crippen molar-refractivity contribution in [2.24, 2.45) is 5.73 Å². The molecule has 0 fully saturated rings. The third kappa shape index (κ3) is 7.44. The minimum atomic E-state index is -4.82. The van der Waals surface area contributed by atoms with Crippen LogP contribution in [0.5, 0.6) is 5.75 Å². The molecule has 36 heavy (non-hydrogen) atoms. The number of halogens is 4. The molecule has 3 aromatic carbocycles. The minimum Gasteiger partial charge on any atom is -0.493 e. The molecule has 0 saturated carbocycles. The van der Waals surface area contributed by atoms with E-state index in [-0.39, 0.29) is 25.3 Å². The molecule has 0 unspecified atom stereocenters. The second kappa shape index (κ2) is 12.7. The van der Waals surface area contributed by atoms with Gasteiger partial charge in [0.15, 0.2) is 0 Å². The number of hydrogen-bond acceptors (Lipinski definition) is 5.